The van der Waals surface area contributed by atoms with Crippen LogP contribution in [0, 0.1) is 0 Å². The number of benzene rings is 1. The quantitative estimate of drug-likeness (QED) is 0.860. The molecule has 108 valence electrons. The molecule has 1 atom stereocenters. The maximum absolute atomic E-state index is 11.8. The van der Waals surface area contributed by atoms with Crippen LogP contribution in [0.3, 0.4) is 0 Å². The lowest BCUT2D eigenvalue weighted by atomic mass is 10.3. The van der Waals surface area contributed by atoms with Crippen LogP contribution in [0.5, 0.6) is 0 Å². The van der Waals surface area contributed by atoms with Crippen LogP contribution in [0.25, 0.3) is 11.0 Å². The fourth-order valence-electron chi connectivity index (χ4n) is 2.24. The van der Waals surface area contributed by atoms with Crippen molar-refractivity contribution >= 4 is 28.5 Å². The van der Waals surface area contributed by atoms with E-state index in [4.69, 9.17) is 11.6 Å². The average molecular weight is 294 g/mol. The molecule has 0 aliphatic rings. The highest BCUT2D eigenvalue weighted by Gasteiger charge is 2.15. The third kappa shape index (κ3) is 3.31. The van der Waals surface area contributed by atoms with Crippen molar-refractivity contribution in [2.45, 2.75) is 45.2 Å². The van der Waals surface area contributed by atoms with Crippen LogP contribution in [0.4, 0.5) is 0 Å². The summed E-state index contributed by atoms with van der Waals surface area (Å²) in [7, 11) is 0. The highest BCUT2D eigenvalue weighted by Crippen LogP contribution is 2.24. The number of rotatable bonds is 5. The number of carbonyl (C=O) groups excluding carboxylic acids is 1. The van der Waals surface area contributed by atoms with Gasteiger partial charge >= 0.3 is 0 Å². The van der Waals surface area contributed by atoms with Crippen molar-refractivity contribution in [1.82, 2.24) is 14.9 Å². The monoisotopic (exact) mass is 293 g/mol. The molecule has 4 nitrogen and oxygen atoms in total. The number of amides is 1. The highest BCUT2D eigenvalue weighted by atomic mass is 35.5. The van der Waals surface area contributed by atoms with E-state index < -0.39 is 0 Å². The predicted octanol–water partition coefficient (Wildman–Crippen LogP) is 3.25. The minimum absolute atomic E-state index is 0.0472. The molecule has 5 heteroatoms. The Labute approximate surface area is 124 Å². The van der Waals surface area contributed by atoms with Crippen LogP contribution >= 0.6 is 11.6 Å². The number of hydrogen-bond donors (Lipinski definition) is 1. The van der Waals surface area contributed by atoms with E-state index in [1.807, 2.05) is 49.6 Å². The number of halogens is 1. The normalized spacial score (nSPS) is 12.8. The zero-order valence-electron chi connectivity index (χ0n) is 12.1. The van der Waals surface area contributed by atoms with Gasteiger partial charge in [0.15, 0.2) is 0 Å². The molecule has 1 aromatic heterocycles. The summed E-state index contributed by atoms with van der Waals surface area (Å²) in [6, 6.07) is 8.05. The summed E-state index contributed by atoms with van der Waals surface area (Å²) in [4.78, 5) is 16.3. The lowest BCUT2D eigenvalue weighted by Gasteiger charge is -2.12. The second kappa shape index (κ2) is 6.27. The minimum Gasteiger partial charge on any atom is -0.354 e. The first-order valence-corrected chi connectivity index (χ1v) is 7.31. The molecular weight excluding hydrogens is 274 g/mol. The number of aromatic nitrogens is 2. The van der Waals surface area contributed by atoms with E-state index in [1.165, 1.54) is 0 Å². The zero-order valence-corrected chi connectivity index (χ0v) is 12.8. The van der Waals surface area contributed by atoms with Crippen molar-refractivity contribution in [2.24, 2.45) is 0 Å². The number of fused-ring (bicyclic) bond motifs is 1. The van der Waals surface area contributed by atoms with Crippen molar-refractivity contribution in [3.8, 4) is 0 Å². The second-order valence-electron chi connectivity index (χ2n) is 5.20. The Morgan fingerprint density at radius 3 is 2.70 bits per heavy atom. The van der Waals surface area contributed by atoms with Gasteiger partial charge in [-0.3, -0.25) is 4.79 Å². The number of imidazole rings is 1. The molecule has 0 saturated heterocycles. The molecule has 0 radical (unpaired) electrons. The molecule has 1 unspecified atom stereocenters. The van der Waals surface area contributed by atoms with Crippen molar-refractivity contribution in [3.05, 3.63) is 30.1 Å². The minimum atomic E-state index is -0.185. The molecule has 0 spiro atoms. The van der Waals surface area contributed by atoms with Crippen LogP contribution in [0.1, 0.15) is 38.4 Å². The molecule has 1 heterocycles. The molecule has 0 saturated carbocycles. The molecule has 0 aliphatic heterocycles. The van der Waals surface area contributed by atoms with Gasteiger partial charge in [-0.15, -0.1) is 11.6 Å². The van der Waals surface area contributed by atoms with Crippen LogP contribution in [-0.2, 0) is 11.3 Å². The first-order valence-electron chi connectivity index (χ1n) is 6.87. The summed E-state index contributed by atoms with van der Waals surface area (Å²) in [5.41, 5.74) is 1.94. The fraction of sp³-hybridized carbons (Fsp3) is 0.467. The van der Waals surface area contributed by atoms with Gasteiger partial charge in [0.25, 0.3) is 0 Å². The summed E-state index contributed by atoms with van der Waals surface area (Å²) < 4.78 is 2.03. The first kappa shape index (κ1) is 14.9. The number of carbonyl (C=O) groups is 1. The Morgan fingerprint density at radius 1 is 1.35 bits per heavy atom. The number of aryl methyl sites for hydroxylation is 1. The molecule has 1 N–H and O–H groups in total. The average Bonchev–Trinajstić information content (AvgIpc) is 2.74. The van der Waals surface area contributed by atoms with Gasteiger partial charge in [-0.25, -0.2) is 4.98 Å². The van der Waals surface area contributed by atoms with E-state index in [-0.39, 0.29) is 17.3 Å². The van der Waals surface area contributed by atoms with Crippen LogP contribution in [0.15, 0.2) is 24.3 Å². The summed E-state index contributed by atoms with van der Waals surface area (Å²) in [5.74, 6) is 0.858. The predicted molar refractivity (Wildman–Crippen MR) is 81.9 cm³/mol. The maximum Gasteiger partial charge on any atom is 0.221 e. The van der Waals surface area contributed by atoms with Crippen LogP contribution in [-0.4, -0.2) is 21.5 Å². The van der Waals surface area contributed by atoms with E-state index >= 15 is 0 Å². The molecule has 2 aromatic rings. The van der Waals surface area contributed by atoms with Crippen molar-refractivity contribution in [2.75, 3.05) is 0 Å². The standard InChI is InChI=1S/C15H20ClN3O/c1-10(2)17-14(20)8-9-19-13-7-5-4-6-12(13)18-15(19)11(3)16/h4-7,10-11H,8-9H2,1-3H3,(H,17,20). The summed E-state index contributed by atoms with van der Waals surface area (Å²) in [6.45, 7) is 6.40. The van der Waals surface area contributed by atoms with E-state index in [9.17, 15) is 4.79 Å². The third-order valence-corrected chi connectivity index (χ3v) is 3.25. The number of alkyl halides is 1. The molecule has 0 aliphatic carbocycles. The topological polar surface area (TPSA) is 46.9 Å². The Balaban J connectivity index is 2.23. The molecule has 0 fully saturated rings. The SMILES string of the molecule is CC(C)NC(=O)CCn1c(C(C)Cl)nc2ccccc21. The van der Waals surface area contributed by atoms with Crippen LogP contribution in [0.2, 0.25) is 0 Å². The Bertz CT molecular complexity index is 604. The first-order chi connectivity index (χ1) is 9.49. The van der Waals surface area contributed by atoms with Gasteiger partial charge in [-0.1, -0.05) is 12.1 Å². The summed E-state index contributed by atoms with van der Waals surface area (Å²) >= 11 is 6.20. The van der Waals surface area contributed by atoms with Crippen LogP contribution < -0.4 is 5.32 Å². The van der Waals surface area contributed by atoms with Gasteiger partial charge in [0, 0.05) is 19.0 Å². The Hall–Kier alpha value is -1.55. The van der Waals surface area contributed by atoms with Crippen molar-refractivity contribution < 1.29 is 4.79 Å². The van der Waals surface area contributed by atoms with Gasteiger partial charge in [0.05, 0.1) is 16.4 Å². The second-order valence-corrected chi connectivity index (χ2v) is 5.85. The van der Waals surface area contributed by atoms with E-state index in [0.29, 0.717) is 13.0 Å². The highest BCUT2D eigenvalue weighted by molar-refractivity contribution is 6.20. The van der Waals surface area contributed by atoms with Gasteiger partial charge in [-0.05, 0) is 32.9 Å². The zero-order chi connectivity index (χ0) is 14.7. The largest absolute Gasteiger partial charge is 0.354 e. The smallest absolute Gasteiger partial charge is 0.221 e. The molecule has 20 heavy (non-hydrogen) atoms. The van der Waals surface area contributed by atoms with E-state index in [0.717, 1.165) is 16.9 Å². The van der Waals surface area contributed by atoms with Gasteiger partial charge in [0.2, 0.25) is 5.91 Å². The number of para-hydroxylation sites is 2. The lowest BCUT2D eigenvalue weighted by Crippen LogP contribution is -2.30. The van der Waals surface area contributed by atoms with Gasteiger partial charge in [0.1, 0.15) is 5.82 Å². The molecule has 1 amide bonds. The molecule has 1 aromatic carbocycles. The molecule has 2 rings (SSSR count). The van der Waals surface area contributed by atoms with Gasteiger partial charge in [-0.2, -0.15) is 0 Å². The van der Waals surface area contributed by atoms with Gasteiger partial charge < -0.3 is 9.88 Å². The number of nitrogens with zero attached hydrogens (tertiary/aromatic N) is 2. The molecular formula is C15H20ClN3O. The molecule has 0 bridgehead atoms. The third-order valence-electron chi connectivity index (χ3n) is 3.05. The Kier molecular flexibility index (Phi) is 4.65. The van der Waals surface area contributed by atoms with E-state index in [1.54, 1.807) is 0 Å². The Morgan fingerprint density at radius 2 is 2.05 bits per heavy atom. The maximum atomic E-state index is 11.8. The van der Waals surface area contributed by atoms with E-state index in [2.05, 4.69) is 10.3 Å². The van der Waals surface area contributed by atoms with Crippen molar-refractivity contribution in [1.29, 1.82) is 0 Å². The number of hydrogen-bond acceptors (Lipinski definition) is 2. The van der Waals surface area contributed by atoms with Crippen molar-refractivity contribution in [3.63, 3.8) is 0 Å². The summed E-state index contributed by atoms with van der Waals surface area (Å²) in [6.07, 6.45) is 0.426. The number of nitrogens with one attached hydrogen (secondary N) is 1. The summed E-state index contributed by atoms with van der Waals surface area (Å²) in [5, 5.41) is 2.71. The lowest BCUT2D eigenvalue weighted by molar-refractivity contribution is -0.121. The fourth-order valence-corrected chi connectivity index (χ4v) is 2.41.